The summed E-state index contributed by atoms with van der Waals surface area (Å²) in [7, 11) is 2.08. The van der Waals surface area contributed by atoms with E-state index in [0.717, 1.165) is 48.4 Å². The maximum Gasteiger partial charge on any atom is 0.282 e. The van der Waals surface area contributed by atoms with Crippen LogP contribution in [0.2, 0.25) is 0 Å². The van der Waals surface area contributed by atoms with Crippen molar-refractivity contribution >= 4 is 23.1 Å². The first-order valence-corrected chi connectivity index (χ1v) is 10.1. The molecule has 2 amide bonds. The van der Waals surface area contributed by atoms with E-state index in [2.05, 4.69) is 16.8 Å². The molecule has 0 atom stereocenters. The van der Waals surface area contributed by atoms with Crippen LogP contribution in [-0.2, 0) is 9.59 Å². The third-order valence-corrected chi connectivity index (χ3v) is 5.81. The van der Waals surface area contributed by atoms with Crippen molar-refractivity contribution in [1.82, 2.24) is 9.80 Å². The third-order valence-electron chi connectivity index (χ3n) is 5.81. The van der Waals surface area contributed by atoms with Gasteiger partial charge in [-0.15, -0.1) is 0 Å². The maximum atomic E-state index is 13.6. The molecule has 4 rings (SSSR count). The molecule has 1 saturated heterocycles. The Bertz CT molecular complexity index is 999. The number of nitrogens with zero attached hydrogens (tertiary/aromatic N) is 3. The van der Waals surface area contributed by atoms with Crippen LogP contribution in [0.3, 0.4) is 0 Å². The van der Waals surface area contributed by atoms with E-state index in [1.165, 1.54) is 4.90 Å². The minimum atomic E-state index is -0.236. The van der Waals surface area contributed by atoms with Gasteiger partial charge in [-0.3, -0.25) is 9.59 Å². The van der Waals surface area contributed by atoms with Crippen LogP contribution in [0.25, 0.3) is 5.57 Å². The molecule has 1 fully saturated rings. The lowest BCUT2D eigenvalue weighted by atomic mass is 10.0. The number of carbonyl (C=O) groups excluding carboxylic acids is 2. The average Bonchev–Trinajstić information content (AvgIpc) is 2.94. The Balaban J connectivity index is 1.82. The molecule has 2 aromatic carbocycles. The number of benzene rings is 2. The lowest BCUT2D eigenvalue weighted by Gasteiger charge is -2.34. The lowest BCUT2D eigenvalue weighted by Crippen LogP contribution is -2.46. The predicted octanol–water partition coefficient (Wildman–Crippen LogP) is 3.14. The molecule has 150 valence electrons. The van der Waals surface area contributed by atoms with E-state index in [1.807, 2.05) is 63.2 Å². The van der Waals surface area contributed by atoms with E-state index in [-0.39, 0.29) is 11.8 Å². The van der Waals surface area contributed by atoms with Gasteiger partial charge in [0.15, 0.2) is 0 Å². The van der Waals surface area contributed by atoms with Gasteiger partial charge in [0.05, 0.1) is 11.3 Å². The summed E-state index contributed by atoms with van der Waals surface area (Å²) >= 11 is 0. The molecule has 2 aromatic rings. The van der Waals surface area contributed by atoms with Crippen molar-refractivity contribution in [3.8, 4) is 0 Å². The highest BCUT2D eigenvalue weighted by Crippen LogP contribution is 2.36. The van der Waals surface area contributed by atoms with Crippen molar-refractivity contribution in [1.29, 1.82) is 0 Å². The molecule has 0 bridgehead atoms. The van der Waals surface area contributed by atoms with Crippen molar-refractivity contribution in [3.05, 3.63) is 70.4 Å². The van der Waals surface area contributed by atoms with Crippen molar-refractivity contribution in [2.75, 3.05) is 38.1 Å². The number of rotatable bonds is 3. The number of aryl methyl sites for hydroxylation is 3. The van der Waals surface area contributed by atoms with E-state index in [4.69, 9.17) is 0 Å². The van der Waals surface area contributed by atoms with Crippen LogP contribution in [0, 0.1) is 20.8 Å². The van der Waals surface area contributed by atoms with Crippen LogP contribution in [0.5, 0.6) is 0 Å². The molecule has 5 nitrogen and oxygen atoms in total. The molecule has 2 aliphatic heterocycles. The van der Waals surface area contributed by atoms with E-state index in [1.54, 1.807) is 0 Å². The van der Waals surface area contributed by atoms with Crippen molar-refractivity contribution in [2.24, 2.45) is 0 Å². The zero-order valence-corrected chi connectivity index (χ0v) is 17.5. The Morgan fingerprint density at radius 1 is 0.759 bits per heavy atom. The van der Waals surface area contributed by atoms with Crippen LogP contribution in [0.15, 0.2) is 48.2 Å². The fourth-order valence-corrected chi connectivity index (χ4v) is 4.10. The molecular formula is C24H27N3O2. The number of anilines is 1. The molecule has 0 unspecified atom stereocenters. The average molecular weight is 389 g/mol. The highest BCUT2D eigenvalue weighted by Gasteiger charge is 2.43. The molecule has 0 saturated carbocycles. The van der Waals surface area contributed by atoms with Gasteiger partial charge in [-0.05, 0) is 45.0 Å². The fraction of sp³-hybridized carbons (Fsp3) is 0.333. The molecule has 2 aliphatic rings. The van der Waals surface area contributed by atoms with E-state index in [0.29, 0.717) is 17.0 Å². The summed E-state index contributed by atoms with van der Waals surface area (Å²) in [5.41, 5.74) is 5.67. The van der Waals surface area contributed by atoms with Crippen LogP contribution < -0.4 is 4.90 Å². The number of amides is 2. The first-order valence-electron chi connectivity index (χ1n) is 10.1. The number of hydrogen-bond acceptors (Lipinski definition) is 4. The number of likely N-dealkylation sites (N-methyl/N-ethyl adjacent to an activating group) is 1. The fourth-order valence-electron chi connectivity index (χ4n) is 4.10. The summed E-state index contributed by atoms with van der Waals surface area (Å²) < 4.78 is 0. The number of imide groups is 1. The SMILES string of the molecule is Cc1ccc(C2=C(N3CCN(C)CC3)C(=O)N(c3ccc(C)cc3C)C2=O)cc1. The normalized spacial score (nSPS) is 18.2. The first-order chi connectivity index (χ1) is 13.9. The minimum Gasteiger partial charge on any atom is -0.364 e. The largest absolute Gasteiger partial charge is 0.364 e. The number of hydrogen-bond donors (Lipinski definition) is 0. The van der Waals surface area contributed by atoms with Crippen molar-refractivity contribution < 1.29 is 9.59 Å². The first kappa shape index (κ1) is 19.4. The van der Waals surface area contributed by atoms with Gasteiger partial charge in [-0.25, -0.2) is 4.90 Å². The van der Waals surface area contributed by atoms with Gasteiger partial charge < -0.3 is 9.80 Å². The number of carbonyl (C=O) groups is 2. The lowest BCUT2D eigenvalue weighted by molar-refractivity contribution is -0.120. The quantitative estimate of drug-likeness (QED) is 0.757. The highest BCUT2D eigenvalue weighted by molar-refractivity contribution is 6.45. The molecule has 0 N–H and O–H groups in total. The van der Waals surface area contributed by atoms with E-state index < -0.39 is 0 Å². The Hall–Kier alpha value is -2.92. The van der Waals surface area contributed by atoms with Gasteiger partial charge in [0.1, 0.15) is 5.70 Å². The van der Waals surface area contributed by atoms with E-state index >= 15 is 0 Å². The summed E-state index contributed by atoms with van der Waals surface area (Å²) in [6.45, 7) is 9.19. The Morgan fingerprint density at radius 2 is 1.38 bits per heavy atom. The topological polar surface area (TPSA) is 43.9 Å². The van der Waals surface area contributed by atoms with Gasteiger partial charge in [0.2, 0.25) is 0 Å². The third kappa shape index (κ3) is 3.47. The van der Waals surface area contributed by atoms with Crippen molar-refractivity contribution in [3.63, 3.8) is 0 Å². The summed E-state index contributed by atoms with van der Waals surface area (Å²) in [4.78, 5) is 32.8. The zero-order chi connectivity index (χ0) is 20.7. The van der Waals surface area contributed by atoms with Crippen LogP contribution >= 0.6 is 0 Å². The van der Waals surface area contributed by atoms with Crippen molar-refractivity contribution in [2.45, 2.75) is 20.8 Å². The molecule has 2 heterocycles. The molecule has 0 spiro atoms. The van der Waals surface area contributed by atoms with Gasteiger partial charge in [-0.2, -0.15) is 0 Å². The summed E-state index contributed by atoms with van der Waals surface area (Å²) in [5.74, 6) is -0.457. The standard InChI is InChI=1S/C24H27N3O2/c1-16-5-8-19(9-6-16)21-22(26-13-11-25(4)12-14-26)24(29)27(23(21)28)20-10-7-17(2)15-18(20)3/h5-10,15H,11-14H2,1-4H3. The van der Waals surface area contributed by atoms with Gasteiger partial charge in [-0.1, -0.05) is 47.5 Å². The predicted molar refractivity (Wildman–Crippen MR) is 116 cm³/mol. The van der Waals surface area contributed by atoms with E-state index in [9.17, 15) is 9.59 Å². The summed E-state index contributed by atoms with van der Waals surface area (Å²) in [6.07, 6.45) is 0. The minimum absolute atomic E-state index is 0.220. The Morgan fingerprint density at radius 3 is 2.00 bits per heavy atom. The Kier molecular flexibility index (Phi) is 5.01. The molecule has 29 heavy (non-hydrogen) atoms. The Labute approximate surface area is 172 Å². The molecule has 0 aromatic heterocycles. The molecular weight excluding hydrogens is 362 g/mol. The molecule has 0 radical (unpaired) electrons. The maximum absolute atomic E-state index is 13.6. The van der Waals surface area contributed by atoms with Gasteiger partial charge >= 0.3 is 0 Å². The van der Waals surface area contributed by atoms with Gasteiger partial charge in [0.25, 0.3) is 11.8 Å². The van der Waals surface area contributed by atoms with Crippen LogP contribution in [0.1, 0.15) is 22.3 Å². The summed E-state index contributed by atoms with van der Waals surface area (Å²) in [5, 5.41) is 0. The highest BCUT2D eigenvalue weighted by atomic mass is 16.2. The zero-order valence-electron chi connectivity index (χ0n) is 17.5. The van der Waals surface area contributed by atoms with Crippen LogP contribution in [-0.4, -0.2) is 54.8 Å². The number of piperazine rings is 1. The second kappa shape index (κ2) is 7.48. The van der Waals surface area contributed by atoms with Crippen LogP contribution in [0.4, 0.5) is 5.69 Å². The van der Waals surface area contributed by atoms with Gasteiger partial charge in [0, 0.05) is 26.2 Å². The second-order valence-corrected chi connectivity index (χ2v) is 8.12. The summed E-state index contributed by atoms with van der Waals surface area (Å²) in [6, 6.07) is 13.7. The monoisotopic (exact) mass is 389 g/mol. The second-order valence-electron chi connectivity index (χ2n) is 8.12. The molecule has 0 aliphatic carbocycles. The molecule has 5 heteroatoms. The smallest absolute Gasteiger partial charge is 0.282 e.